The van der Waals surface area contributed by atoms with Gasteiger partial charge in [-0.3, -0.25) is 5.41 Å². The molecule has 0 aliphatic rings. The highest BCUT2D eigenvalue weighted by Gasteiger charge is 1.99. The number of hydrogen-bond acceptors (Lipinski definition) is 9. The predicted molar refractivity (Wildman–Crippen MR) is 107 cm³/mol. The third-order valence-electron chi connectivity index (χ3n) is 3.75. The van der Waals surface area contributed by atoms with E-state index < -0.39 is 0 Å². The van der Waals surface area contributed by atoms with Gasteiger partial charge in [-0.2, -0.15) is 10.2 Å². The van der Waals surface area contributed by atoms with Crippen LogP contribution in [-0.4, -0.2) is 58.8 Å². The van der Waals surface area contributed by atoms with Crippen LogP contribution in [0.25, 0.3) is 11.4 Å². The van der Waals surface area contributed by atoms with E-state index in [1.807, 2.05) is 48.5 Å². The third kappa shape index (κ3) is 4.72. The first-order chi connectivity index (χ1) is 14.8. The van der Waals surface area contributed by atoms with Crippen molar-refractivity contribution in [3.05, 3.63) is 72.3 Å². The molecule has 2 aromatic heterocycles. The summed E-state index contributed by atoms with van der Waals surface area (Å²) in [5.41, 5.74) is 8.33. The van der Waals surface area contributed by atoms with Crippen molar-refractivity contribution < 1.29 is 0 Å². The Kier molecular flexibility index (Phi) is 5.51. The van der Waals surface area contributed by atoms with Crippen LogP contribution in [0.5, 0.6) is 0 Å². The fourth-order valence-corrected chi connectivity index (χ4v) is 2.42. The van der Waals surface area contributed by atoms with Crippen LogP contribution in [0.1, 0.15) is 11.1 Å². The number of hydrazone groups is 2. The molecule has 0 amide bonds. The zero-order valence-electron chi connectivity index (χ0n) is 15.4. The maximum absolute atomic E-state index is 7.82. The molecular weight excluding hydrogens is 386 g/mol. The van der Waals surface area contributed by atoms with E-state index in [2.05, 4.69) is 52.1 Å². The van der Waals surface area contributed by atoms with Crippen molar-refractivity contribution >= 4 is 18.4 Å². The van der Waals surface area contributed by atoms with Gasteiger partial charge in [0.2, 0.25) is 5.96 Å². The standard InChI is InChI=1S/C17H15N13/c18-17(23-19-9-13-3-1-5-15(7-13)29-11-21-25-27-29)24-20-10-14-4-2-6-16(8-14)30-12-22-26-28-30/h1-12H,(H3,18,23,24)/b19-9+,20-10+. The number of hydrogen-bond donors (Lipinski definition) is 3. The normalized spacial score (nSPS) is 11.2. The van der Waals surface area contributed by atoms with E-state index in [0.717, 1.165) is 22.5 Å². The molecule has 0 unspecified atom stereocenters. The van der Waals surface area contributed by atoms with E-state index in [1.165, 1.54) is 22.0 Å². The minimum atomic E-state index is -0.0873. The summed E-state index contributed by atoms with van der Waals surface area (Å²) >= 11 is 0. The van der Waals surface area contributed by atoms with Gasteiger partial charge >= 0.3 is 0 Å². The predicted octanol–water partition coefficient (Wildman–Crippen LogP) is 0.120. The molecule has 0 aliphatic heterocycles. The molecule has 0 fully saturated rings. The number of nitrogens with zero attached hydrogens (tertiary/aromatic N) is 10. The second-order valence-electron chi connectivity index (χ2n) is 5.81. The van der Waals surface area contributed by atoms with E-state index in [-0.39, 0.29) is 5.96 Å². The average molecular weight is 401 g/mol. The fraction of sp³-hybridized carbons (Fsp3) is 0. The third-order valence-corrected chi connectivity index (χ3v) is 3.75. The molecule has 2 aromatic carbocycles. The average Bonchev–Trinajstić information content (AvgIpc) is 3.49. The molecule has 3 N–H and O–H groups in total. The summed E-state index contributed by atoms with van der Waals surface area (Å²) in [4.78, 5) is 0. The molecule has 148 valence electrons. The Morgan fingerprint density at radius 2 is 1.30 bits per heavy atom. The molecule has 13 nitrogen and oxygen atoms in total. The summed E-state index contributed by atoms with van der Waals surface area (Å²) in [6, 6.07) is 14.9. The van der Waals surface area contributed by atoms with Crippen molar-refractivity contribution in [3.8, 4) is 11.4 Å². The Balaban J connectivity index is 1.30. The van der Waals surface area contributed by atoms with Crippen molar-refractivity contribution in [2.24, 2.45) is 10.2 Å². The smallest absolute Gasteiger partial charge is 0.230 e. The first-order valence-corrected chi connectivity index (χ1v) is 8.61. The molecule has 2 heterocycles. The van der Waals surface area contributed by atoms with E-state index >= 15 is 0 Å². The number of tetrazole rings is 2. The summed E-state index contributed by atoms with van der Waals surface area (Å²) in [6.45, 7) is 0. The van der Waals surface area contributed by atoms with Crippen LogP contribution in [0, 0.1) is 5.41 Å². The van der Waals surface area contributed by atoms with Gasteiger partial charge in [0.25, 0.3) is 0 Å². The molecule has 30 heavy (non-hydrogen) atoms. The van der Waals surface area contributed by atoms with Crippen LogP contribution in [-0.2, 0) is 0 Å². The molecule has 0 saturated carbocycles. The van der Waals surface area contributed by atoms with Gasteiger partial charge in [-0.1, -0.05) is 24.3 Å². The Morgan fingerprint density at radius 3 is 1.73 bits per heavy atom. The quantitative estimate of drug-likeness (QED) is 0.233. The van der Waals surface area contributed by atoms with Gasteiger partial charge in [0.05, 0.1) is 23.8 Å². The van der Waals surface area contributed by atoms with Crippen LogP contribution in [0.3, 0.4) is 0 Å². The van der Waals surface area contributed by atoms with Crippen LogP contribution < -0.4 is 10.9 Å². The zero-order valence-corrected chi connectivity index (χ0v) is 15.4. The highest BCUT2D eigenvalue weighted by Crippen LogP contribution is 2.07. The molecule has 0 aliphatic carbocycles. The second-order valence-corrected chi connectivity index (χ2v) is 5.81. The maximum atomic E-state index is 7.82. The molecule has 0 radical (unpaired) electrons. The molecule has 0 saturated heterocycles. The first-order valence-electron chi connectivity index (χ1n) is 8.61. The van der Waals surface area contributed by atoms with Gasteiger partial charge in [0.1, 0.15) is 12.7 Å². The largest absolute Gasteiger partial charge is 0.266 e. The minimum absolute atomic E-state index is 0.0873. The number of aromatic nitrogens is 8. The number of benzene rings is 2. The number of nitrogens with one attached hydrogen (secondary N) is 3. The van der Waals surface area contributed by atoms with E-state index in [1.54, 1.807) is 12.4 Å². The Bertz CT molecular complexity index is 1070. The van der Waals surface area contributed by atoms with Crippen LogP contribution in [0.4, 0.5) is 0 Å². The van der Waals surface area contributed by atoms with E-state index in [4.69, 9.17) is 5.41 Å². The highest BCUT2D eigenvalue weighted by atomic mass is 15.5. The number of rotatable bonds is 6. The zero-order chi connectivity index (χ0) is 20.6. The van der Waals surface area contributed by atoms with Crippen molar-refractivity contribution in [2.45, 2.75) is 0 Å². The lowest BCUT2D eigenvalue weighted by Crippen LogP contribution is -2.29. The number of guanidine groups is 1. The Morgan fingerprint density at radius 1 is 0.800 bits per heavy atom. The monoisotopic (exact) mass is 401 g/mol. The van der Waals surface area contributed by atoms with Gasteiger partial charge in [-0.15, -0.1) is 10.2 Å². The van der Waals surface area contributed by atoms with E-state index in [9.17, 15) is 0 Å². The summed E-state index contributed by atoms with van der Waals surface area (Å²) in [5.74, 6) is -0.0873. The molecule has 13 heteroatoms. The van der Waals surface area contributed by atoms with Gasteiger partial charge in [0.15, 0.2) is 0 Å². The Hall–Kier alpha value is -4.81. The van der Waals surface area contributed by atoms with Crippen LogP contribution >= 0.6 is 0 Å². The minimum Gasteiger partial charge on any atom is -0.266 e. The summed E-state index contributed by atoms with van der Waals surface area (Å²) in [5, 5.41) is 38.0. The lowest BCUT2D eigenvalue weighted by Gasteiger charge is -2.03. The van der Waals surface area contributed by atoms with Gasteiger partial charge in [-0.05, 0) is 56.2 Å². The topological polar surface area (TPSA) is 160 Å². The van der Waals surface area contributed by atoms with Crippen molar-refractivity contribution in [2.75, 3.05) is 0 Å². The summed E-state index contributed by atoms with van der Waals surface area (Å²) < 4.78 is 3.08. The molecule has 0 bridgehead atoms. The fourth-order valence-electron chi connectivity index (χ4n) is 2.42. The van der Waals surface area contributed by atoms with Crippen LogP contribution in [0.15, 0.2) is 71.4 Å². The molecule has 0 atom stereocenters. The summed E-state index contributed by atoms with van der Waals surface area (Å²) in [6.07, 6.45) is 6.15. The molecule has 0 spiro atoms. The Labute approximate surface area is 169 Å². The maximum Gasteiger partial charge on any atom is 0.230 e. The molecule has 4 rings (SSSR count). The lowest BCUT2D eigenvalue weighted by atomic mass is 10.2. The lowest BCUT2D eigenvalue weighted by molar-refractivity contribution is 0.789. The van der Waals surface area contributed by atoms with Gasteiger partial charge in [0, 0.05) is 0 Å². The summed E-state index contributed by atoms with van der Waals surface area (Å²) in [7, 11) is 0. The van der Waals surface area contributed by atoms with Gasteiger partial charge < -0.3 is 0 Å². The van der Waals surface area contributed by atoms with Crippen molar-refractivity contribution in [3.63, 3.8) is 0 Å². The second kappa shape index (κ2) is 8.92. The first kappa shape index (κ1) is 18.5. The van der Waals surface area contributed by atoms with Crippen molar-refractivity contribution in [1.82, 2.24) is 51.3 Å². The molecule has 4 aromatic rings. The molecular formula is C17H15N13. The van der Waals surface area contributed by atoms with Crippen molar-refractivity contribution in [1.29, 1.82) is 5.41 Å². The highest BCUT2D eigenvalue weighted by molar-refractivity contribution is 5.85. The van der Waals surface area contributed by atoms with Crippen LogP contribution in [0.2, 0.25) is 0 Å². The van der Waals surface area contributed by atoms with E-state index in [0.29, 0.717) is 0 Å². The van der Waals surface area contributed by atoms with Gasteiger partial charge in [-0.25, -0.2) is 20.2 Å². The SMILES string of the molecule is N=C(N/N=C/c1cccc(-n2cnnn2)c1)N/N=C/c1cccc(-n2cnnn2)c1.